The summed E-state index contributed by atoms with van der Waals surface area (Å²) in [6, 6.07) is 9.99. The summed E-state index contributed by atoms with van der Waals surface area (Å²) in [7, 11) is 0. The van der Waals surface area contributed by atoms with Crippen LogP contribution in [0.25, 0.3) is 0 Å². The van der Waals surface area contributed by atoms with Crippen molar-refractivity contribution < 1.29 is 4.79 Å². The summed E-state index contributed by atoms with van der Waals surface area (Å²) in [6.07, 6.45) is 1.61. The lowest BCUT2D eigenvalue weighted by atomic mass is 10.1. The highest BCUT2D eigenvalue weighted by Gasteiger charge is 2.11. The van der Waals surface area contributed by atoms with E-state index < -0.39 is 0 Å². The second-order valence-corrected chi connectivity index (χ2v) is 5.08. The first-order valence-corrected chi connectivity index (χ1v) is 6.74. The summed E-state index contributed by atoms with van der Waals surface area (Å²) >= 11 is 0. The zero-order chi connectivity index (χ0) is 13.9. The Morgan fingerprint density at radius 2 is 1.95 bits per heavy atom. The minimum Gasteiger partial charge on any atom is -0.348 e. The molecule has 118 valence electrons. The fraction of sp³-hybridized carbons (Fsp3) is 0.250. The lowest BCUT2D eigenvalue weighted by Crippen LogP contribution is -2.23. The third kappa shape index (κ3) is 4.19. The van der Waals surface area contributed by atoms with Gasteiger partial charge in [-0.1, -0.05) is 18.2 Å². The van der Waals surface area contributed by atoms with E-state index in [1.54, 1.807) is 12.3 Å². The third-order valence-corrected chi connectivity index (χ3v) is 3.53. The molecule has 2 N–H and O–H groups in total. The quantitative estimate of drug-likeness (QED) is 0.903. The molecule has 1 aromatic carbocycles. The van der Waals surface area contributed by atoms with Crippen LogP contribution in [0.1, 0.15) is 32.7 Å². The van der Waals surface area contributed by atoms with Gasteiger partial charge in [0.25, 0.3) is 5.91 Å². The Morgan fingerprint density at radius 3 is 2.68 bits per heavy atom. The average Bonchev–Trinajstić information content (AvgIpc) is 2.93. The van der Waals surface area contributed by atoms with Gasteiger partial charge in [-0.3, -0.25) is 9.78 Å². The average molecular weight is 340 g/mol. The minimum absolute atomic E-state index is 0. The van der Waals surface area contributed by atoms with Gasteiger partial charge in [0.05, 0.1) is 5.56 Å². The first-order chi connectivity index (χ1) is 9.72. The van der Waals surface area contributed by atoms with Gasteiger partial charge in [-0.2, -0.15) is 0 Å². The van der Waals surface area contributed by atoms with Crippen molar-refractivity contribution in [3.8, 4) is 0 Å². The van der Waals surface area contributed by atoms with Gasteiger partial charge in [0.2, 0.25) is 0 Å². The molecule has 22 heavy (non-hydrogen) atoms. The second kappa shape index (κ2) is 8.13. The maximum atomic E-state index is 12.0. The predicted octanol–water partition coefficient (Wildman–Crippen LogP) is 2.77. The van der Waals surface area contributed by atoms with Crippen LogP contribution < -0.4 is 10.6 Å². The van der Waals surface area contributed by atoms with Crippen LogP contribution in [0.3, 0.4) is 0 Å². The van der Waals surface area contributed by atoms with Crippen molar-refractivity contribution in [2.75, 3.05) is 0 Å². The van der Waals surface area contributed by atoms with E-state index in [0.29, 0.717) is 12.1 Å². The number of benzene rings is 1. The molecule has 2 heterocycles. The first kappa shape index (κ1) is 18.4. The molecule has 0 spiro atoms. The number of carbonyl (C=O) groups excluding carboxylic acids is 1. The van der Waals surface area contributed by atoms with Crippen molar-refractivity contribution in [2.45, 2.75) is 26.6 Å². The van der Waals surface area contributed by atoms with Crippen molar-refractivity contribution in [1.29, 1.82) is 0 Å². The van der Waals surface area contributed by atoms with Crippen molar-refractivity contribution in [1.82, 2.24) is 15.6 Å². The molecule has 4 nitrogen and oxygen atoms in total. The highest BCUT2D eigenvalue weighted by molar-refractivity contribution is 5.93. The fourth-order valence-electron chi connectivity index (χ4n) is 2.34. The Bertz CT molecular complexity index is 644. The topological polar surface area (TPSA) is 54.0 Å². The summed E-state index contributed by atoms with van der Waals surface area (Å²) in [5, 5.41) is 6.24. The van der Waals surface area contributed by atoms with Gasteiger partial charge < -0.3 is 10.6 Å². The van der Waals surface area contributed by atoms with E-state index in [1.165, 1.54) is 11.1 Å². The minimum atomic E-state index is -0.0869. The van der Waals surface area contributed by atoms with Crippen LogP contribution in [-0.2, 0) is 19.6 Å². The van der Waals surface area contributed by atoms with Crippen molar-refractivity contribution >= 4 is 30.7 Å². The number of nitrogens with one attached hydrogen (secondary N) is 2. The van der Waals surface area contributed by atoms with Crippen molar-refractivity contribution in [3.05, 3.63) is 64.5 Å². The van der Waals surface area contributed by atoms with Crippen LogP contribution >= 0.6 is 24.8 Å². The largest absolute Gasteiger partial charge is 0.348 e. The lowest BCUT2D eigenvalue weighted by Gasteiger charge is -2.07. The third-order valence-electron chi connectivity index (χ3n) is 3.53. The number of halogens is 2. The zero-order valence-electron chi connectivity index (χ0n) is 12.3. The van der Waals surface area contributed by atoms with Crippen LogP contribution in [-0.4, -0.2) is 10.9 Å². The highest BCUT2D eigenvalue weighted by Crippen LogP contribution is 2.16. The number of hydrogen-bond donors (Lipinski definition) is 2. The molecule has 0 saturated heterocycles. The van der Waals surface area contributed by atoms with Crippen LogP contribution in [0, 0.1) is 6.92 Å². The van der Waals surface area contributed by atoms with Crippen LogP contribution in [0.5, 0.6) is 0 Å². The number of aromatic nitrogens is 1. The van der Waals surface area contributed by atoms with Crippen LogP contribution in [0.4, 0.5) is 0 Å². The Hall–Kier alpha value is -1.62. The van der Waals surface area contributed by atoms with Gasteiger partial charge in [0.1, 0.15) is 0 Å². The maximum absolute atomic E-state index is 12.0. The van der Waals surface area contributed by atoms with E-state index in [1.807, 2.05) is 13.0 Å². The molecule has 0 bridgehead atoms. The Labute approximate surface area is 142 Å². The van der Waals surface area contributed by atoms with Crippen molar-refractivity contribution in [2.24, 2.45) is 0 Å². The smallest absolute Gasteiger partial charge is 0.253 e. The SMILES string of the molecule is Cc1ccc(C(=O)NCc2ccc3c(c2)CNC3)cn1.Cl.Cl. The second-order valence-electron chi connectivity index (χ2n) is 5.08. The highest BCUT2D eigenvalue weighted by atomic mass is 35.5. The number of amides is 1. The molecule has 0 atom stereocenters. The maximum Gasteiger partial charge on any atom is 0.253 e. The molecule has 2 aromatic rings. The molecule has 0 fully saturated rings. The number of rotatable bonds is 3. The lowest BCUT2D eigenvalue weighted by molar-refractivity contribution is 0.0950. The van der Waals surface area contributed by atoms with E-state index in [9.17, 15) is 4.79 Å². The molecule has 0 saturated carbocycles. The summed E-state index contributed by atoms with van der Waals surface area (Å²) in [4.78, 5) is 16.1. The molecular formula is C16H19Cl2N3O. The summed E-state index contributed by atoms with van der Waals surface area (Å²) in [5.41, 5.74) is 5.31. The van der Waals surface area contributed by atoms with E-state index >= 15 is 0 Å². The molecule has 1 amide bonds. The Morgan fingerprint density at radius 1 is 1.18 bits per heavy atom. The number of aryl methyl sites for hydroxylation is 1. The van der Waals surface area contributed by atoms with Gasteiger partial charge in [0, 0.05) is 31.5 Å². The Balaban J connectivity index is 0.00000121. The van der Waals surface area contributed by atoms with Crippen LogP contribution in [0.15, 0.2) is 36.5 Å². The molecule has 6 heteroatoms. The van der Waals surface area contributed by atoms with E-state index in [4.69, 9.17) is 0 Å². The number of fused-ring (bicyclic) bond motifs is 1. The standard InChI is InChI=1S/C16H17N3O.2ClH/c1-11-2-4-14(10-18-11)16(20)19-7-12-3-5-13-8-17-9-15(13)6-12;;/h2-6,10,17H,7-9H2,1H3,(H,19,20);2*1H. The van der Waals surface area contributed by atoms with Gasteiger partial charge in [0.15, 0.2) is 0 Å². The molecule has 0 unspecified atom stereocenters. The molecule has 0 aliphatic carbocycles. The molecular weight excluding hydrogens is 321 g/mol. The van der Waals surface area contributed by atoms with E-state index in [0.717, 1.165) is 24.3 Å². The molecule has 0 radical (unpaired) electrons. The number of hydrogen-bond acceptors (Lipinski definition) is 3. The number of pyridine rings is 1. The summed E-state index contributed by atoms with van der Waals surface area (Å²) in [5.74, 6) is -0.0869. The number of nitrogens with zero attached hydrogens (tertiary/aromatic N) is 1. The summed E-state index contributed by atoms with van der Waals surface area (Å²) < 4.78 is 0. The summed E-state index contributed by atoms with van der Waals surface area (Å²) in [6.45, 7) is 4.30. The van der Waals surface area contributed by atoms with Crippen molar-refractivity contribution in [3.63, 3.8) is 0 Å². The van der Waals surface area contributed by atoms with Gasteiger partial charge in [-0.15, -0.1) is 24.8 Å². The normalized spacial score (nSPS) is 11.9. The van der Waals surface area contributed by atoms with E-state index in [-0.39, 0.29) is 30.7 Å². The number of carbonyl (C=O) groups is 1. The molecule has 1 aliphatic heterocycles. The predicted molar refractivity (Wildman–Crippen MR) is 91.6 cm³/mol. The van der Waals surface area contributed by atoms with Crippen LogP contribution in [0.2, 0.25) is 0 Å². The Kier molecular flexibility index (Phi) is 6.81. The molecule has 3 rings (SSSR count). The molecule has 1 aliphatic rings. The van der Waals surface area contributed by atoms with Gasteiger partial charge >= 0.3 is 0 Å². The fourth-order valence-corrected chi connectivity index (χ4v) is 2.34. The van der Waals surface area contributed by atoms with E-state index in [2.05, 4.69) is 33.8 Å². The zero-order valence-corrected chi connectivity index (χ0v) is 13.9. The van der Waals surface area contributed by atoms with Gasteiger partial charge in [-0.25, -0.2) is 0 Å². The van der Waals surface area contributed by atoms with Gasteiger partial charge in [-0.05, 0) is 35.7 Å². The molecule has 1 aromatic heterocycles. The first-order valence-electron chi connectivity index (χ1n) is 6.74. The monoisotopic (exact) mass is 339 g/mol.